The number of rotatable bonds is 8. The number of phenolic OH excluding ortho intramolecular Hbond substituents is 1. The lowest BCUT2D eigenvalue weighted by Gasteiger charge is -2.16. The van der Waals surface area contributed by atoms with Crippen molar-refractivity contribution in [2.24, 2.45) is 5.92 Å². The smallest absolute Gasteiger partial charge is 0.123 e. The van der Waals surface area contributed by atoms with Gasteiger partial charge in [0.05, 0.1) is 5.69 Å². The van der Waals surface area contributed by atoms with Crippen molar-refractivity contribution in [3.63, 3.8) is 0 Å². The number of halogens is 1. The molecule has 4 aromatic rings. The number of likely N-dealkylation sites (tertiary alicyclic amines) is 1. The Morgan fingerprint density at radius 2 is 1.80 bits per heavy atom. The van der Waals surface area contributed by atoms with Crippen LogP contribution in [0.15, 0.2) is 66.7 Å². The van der Waals surface area contributed by atoms with Crippen molar-refractivity contribution >= 4 is 10.9 Å². The molecule has 5 heteroatoms. The molecule has 0 spiro atoms. The number of aromatic nitrogens is 1. The van der Waals surface area contributed by atoms with Crippen molar-refractivity contribution < 1.29 is 14.2 Å². The van der Waals surface area contributed by atoms with E-state index in [2.05, 4.69) is 35.4 Å². The van der Waals surface area contributed by atoms with Gasteiger partial charge in [-0.05, 0) is 97.1 Å². The molecule has 0 amide bonds. The minimum Gasteiger partial charge on any atom is -0.508 e. The van der Waals surface area contributed by atoms with E-state index in [-0.39, 0.29) is 11.6 Å². The summed E-state index contributed by atoms with van der Waals surface area (Å²) in [5.41, 5.74) is 5.23. The van der Waals surface area contributed by atoms with Crippen LogP contribution < -0.4 is 4.74 Å². The van der Waals surface area contributed by atoms with E-state index in [0.717, 1.165) is 51.5 Å². The molecule has 1 saturated heterocycles. The van der Waals surface area contributed by atoms with E-state index in [1.807, 2.05) is 30.3 Å². The molecule has 1 aliphatic rings. The Bertz CT molecular complexity index is 1290. The van der Waals surface area contributed by atoms with Crippen LogP contribution in [0.5, 0.6) is 11.5 Å². The van der Waals surface area contributed by atoms with Crippen LogP contribution in [0.1, 0.15) is 30.9 Å². The number of aromatic hydroxyl groups is 1. The van der Waals surface area contributed by atoms with Crippen LogP contribution in [0.3, 0.4) is 0 Å². The van der Waals surface area contributed by atoms with Crippen molar-refractivity contribution in [1.29, 1.82) is 0 Å². The zero-order chi connectivity index (χ0) is 24.4. The molecule has 0 aliphatic carbocycles. The van der Waals surface area contributed by atoms with E-state index in [1.165, 1.54) is 38.1 Å². The average molecular weight is 473 g/mol. The Balaban J connectivity index is 1.34. The summed E-state index contributed by atoms with van der Waals surface area (Å²) in [6, 6.07) is 20.4. The van der Waals surface area contributed by atoms with E-state index in [9.17, 15) is 9.50 Å². The van der Waals surface area contributed by atoms with Gasteiger partial charge in [-0.15, -0.1) is 0 Å². The van der Waals surface area contributed by atoms with E-state index < -0.39 is 0 Å². The van der Waals surface area contributed by atoms with Crippen LogP contribution in [-0.4, -0.2) is 40.8 Å². The second-order valence-electron chi connectivity index (χ2n) is 9.62. The molecule has 0 saturated carbocycles. The van der Waals surface area contributed by atoms with Gasteiger partial charge in [0.25, 0.3) is 0 Å². The van der Waals surface area contributed by atoms with E-state index >= 15 is 0 Å². The van der Waals surface area contributed by atoms with Gasteiger partial charge < -0.3 is 14.4 Å². The molecule has 1 N–H and O–H groups in total. The third kappa shape index (κ3) is 5.06. The molecule has 3 aromatic carbocycles. The molecule has 1 aromatic heterocycles. The van der Waals surface area contributed by atoms with Crippen molar-refractivity contribution in [3.05, 3.63) is 83.7 Å². The monoisotopic (exact) mass is 472 g/mol. The molecular weight excluding hydrogens is 439 g/mol. The summed E-state index contributed by atoms with van der Waals surface area (Å²) in [5.74, 6) is 1.71. The molecule has 5 rings (SSSR count). The van der Waals surface area contributed by atoms with Crippen molar-refractivity contribution in [2.75, 3.05) is 26.2 Å². The lowest BCUT2D eigenvalue weighted by Crippen LogP contribution is -2.26. The van der Waals surface area contributed by atoms with Gasteiger partial charge in [0.15, 0.2) is 0 Å². The Morgan fingerprint density at radius 1 is 1.03 bits per heavy atom. The van der Waals surface area contributed by atoms with Crippen LogP contribution in [0, 0.1) is 18.7 Å². The first-order valence-electron chi connectivity index (χ1n) is 12.5. The van der Waals surface area contributed by atoms with Crippen LogP contribution in [0.25, 0.3) is 22.2 Å². The maximum atomic E-state index is 13.6. The maximum absolute atomic E-state index is 13.6. The Labute approximate surface area is 206 Å². The van der Waals surface area contributed by atoms with Crippen LogP contribution in [-0.2, 0) is 6.54 Å². The van der Waals surface area contributed by atoms with Crippen molar-refractivity contribution in [2.45, 2.75) is 33.2 Å². The molecule has 0 bridgehead atoms. The molecule has 1 aliphatic heterocycles. The fourth-order valence-corrected chi connectivity index (χ4v) is 5.27. The highest BCUT2D eigenvalue weighted by Crippen LogP contribution is 2.36. The number of benzene rings is 3. The van der Waals surface area contributed by atoms with Gasteiger partial charge in [0.1, 0.15) is 23.9 Å². The van der Waals surface area contributed by atoms with Crippen LogP contribution >= 0.6 is 0 Å². The lowest BCUT2D eigenvalue weighted by atomic mass is 10.1. The van der Waals surface area contributed by atoms with Gasteiger partial charge >= 0.3 is 0 Å². The number of phenols is 1. The Morgan fingerprint density at radius 3 is 2.51 bits per heavy atom. The maximum Gasteiger partial charge on any atom is 0.123 e. The highest BCUT2D eigenvalue weighted by molar-refractivity contribution is 5.92. The van der Waals surface area contributed by atoms with Gasteiger partial charge in [-0.25, -0.2) is 4.39 Å². The molecule has 1 fully saturated rings. The minimum atomic E-state index is -0.253. The quantitative estimate of drug-likeness (QED) is 0.313. The Hall–Kier alpha value is -3.31. The highest BCUT2D eigenvalue weighted by atomic mass is 19.1. The summed E-state index contributed by atoms with van der Waals surface area (Å²) >= 11 is 0. The molecule has 182 valence electrons. The number of aryl methyl sites for hydroxylation is 1. The minimum absolute atomic E-state index is 0.240. The molecule has 0 unspecified atom stereocenters. The summed E-state index contributed by atoms with van der Waals surface area (Å²) < 4.78 is 21.9. The molecule has 35 heavy (non-hydrogen) atoms. The summed E-state index contributed by atoms with van der Waals surface area (Å²) in [7, 11) is 0. The van der Waals surface area contributed by atoms with Crippen LogP contribution in [0.2, 0.25) is 0 Å². The third-order valence-corrected chi connectivity index (χ3v) is 7.31. The fourth-order valence-electron chi connectivity index (χ4n) is 5.27. The predicted molar refractivity (Wildman–Crippen MR) is 140 cm³/mol. The number of nitrogens with zero attached hydrogens (tertiary/aromatic N) is 2. The molecule has 2 heterocycles. The first-order valence-corrected chi connectivity index (χ1v) is 12.5. The normalized spacial score (nSPS) is 16.3. The Kier molecular flexibility index (Phi) is 6.78. The van der Waals surface area contributed by atoms with E-state index in [1.54, 1.807) is 12.1 Å². The van der Waals surface area contributed by atoms with Crippen molar-refractivity contribution in [1.82, 2.24) is 9.47 Å². The van der Waals surface area contributed by atoms with Gasteiger partial charge in [-0.3, -0.25) is 4.90 Å². The molecular formula is C30H33FN2O2. The van der Waals surface area contributed by atoms with Crippen molar-refractivity contribution in [3.8, 4) is 22.8 Å². The van der Waals surface area contributed by atoms with E-state index in [4.69, 9.17) is 4.74 Å². The number of fused-ring (bicyclic) bond motifs is 1. The topological polar surface area (TPSA) is 37.6 Å². The molecule has 0 radical (unpaired) electrons. The SMILES string of the molecule is CC[C@@H]1CCN(CCOc2ccc(Cn3c(-c4ccc(F)cc4)c(C)c4cc(O)ccc43)cc2)C1. The second-order valence-corrected chi connectivity index (χ2v) is 9.62. The average Bonchev–Trinajstić information content (AvgIpc) is 3.43. The zero-order valence-electron chi connectivity index (χ0n) is 20.5. The number of hydrogen-bond donors (Lipinski definition) is 1. The first-order chi connectivity index (χ1) is 17.0. The largest absolute Gasteiger partial charge is 0.508 e. The van der Waals surface area contributed by atoms with Gasteiger partial charge in [0.2, 0.25) is 0 Å². The van der Waals surface area contributed by atoms with E-state index in [0.29, 0.717) is 13.2 Å². The summed E-state index contributed by atoms with van der Waals surface area (Å²) in [6.07, 6.45) is 2.57. The highest BCUT2D eigenvalue weighted by Gasteiger charge is 2.20. The summed E-state index contributed by atoms with van der Waals surface area (Å²) in [4.78, 5) is 2.50. The summed E-state index contributed by atoms with van der Waals surface area (Å²) in [6.45, 7) is 9.04. The van der Waals surface area contributed by atoms with Gasteiger partial charge in [-0.2, -0.15) is 0 Å². The number of hydrogen-bond acceptors (Lipinski definition) is 3. The first kappa shape index (κ1) is 23.4. The van der Waals surface area contributed by atoms with Crippen LogP contribution in [0.4, 0.5) is 4.39 Å². The number of ether oxygens (including phenoxy) is 1. The standard InChI is InChI=1S/C30H33FN2O2/c1-3-22-14-15-32(19-22)16-17-35-27-11-4-23(5-12-27)20-33-29-13-10-26(34)18-28(29)21(2)30(33)24-6-8-25(31)9-7-24/h4-13,18,22,34H,3,14-17,19-20H2,1-2H3/t22-/m1/s1. The fraction of sp³-hybridized carbons (Fsp3) is 0.333. The second kappa shape index (κ2) is 10.1. The van der Waals surface area contributed by atoms with Gasteiger partial charge in [0, 0.05) is 30.5 Å². The summed E-state index contributed by atoms with van der Waals surface area (Å²) in [5, 5.41) is 11.1. The molecule has 1 atom stereocenters. The third-order valence-electron chi connectivity index (χ3n) is 7.31. The van der Waals surface area contributed by atoms with Gasteiger partial charge in [-0.1, -0.05) is 25.5 Å². The predicted octanol–water partition coefficient (Wildman–Crippen LogP) is 6.62. The zero-order valence-corrected chi connectivity index (χ0v) is 20.5. The molecule has 4 nitrogen and oxygen atoms in total. The lowest BCUT2D eigenvalue weighted by molar-refractivity contribution is 0.232.